The van der Waals surface area contributed by atoms with Crippen LogP contribution in [0.2, 0.25) is 0 Å². The van der Waals surface area contributed by atoms with Crippen molar-refractivity contribution in [1.82, 2.24) is 5.32 Å². The van der Waals surface area contributed by atoms with E-state index in [0.717, 1.165) is 0 Å². The largest absolute Gasteiger partial charge is 0.480 e. The van der Waals surface area contributed by atoms with Crippen LogP contribution in [0.15, 0.2) is 0 Å². The number of nitrogens with two attached hydrogens (primary N) is 2. The van der Waals surface area contributed by atoms with Gasteiger partial charge in [-0.1, -0.05) is 0 Å². The maximum Gasteiger partial charge on any atom is 0.326 e. The number of carboxylic acid groups (broad SMARTS) is 1. The Hall–Kier alpha value is -1.14. The molecule has 76 valence electrons. The molecule has 0 fully saturated rings. The summed E-state index contributed by atoms with van der Waals surface area (Å²) in [6, 6.07) is -0.875. The summed E-state index contributed by atoms with van der Waals surface area (Å²) in [6.07, 6.45) is 0.888. The molecule has 6 heteroatoms. The van der Waals surface area contributed by atoms with Crippen molar-refractivity contribution >= 4 is 11.9 Å². The van der Waals surface area contributed by atoms with Crippen molar-refractivity contribution in [2.75, 3.05) is 13.1 Å². The van der Waals surface area contributed by atoms with Crippen LogP contribution >= 0.6 is 0 Å². The van der Waals surface area contributed by atoms with E-state index in [1.54, 1.807) is 0 Å². The van der Waals surface area contributed by atoms with E-state index in [4.69, 9.17) is 16.6 Å². The lowest BCUT2D eigenvalue weighted by Crippen LogP contribution is -2.43. The van der Waals surface area contributed by atoms with Crippen LogP contribution in [-0.4, -0.2) is 36.1 Å². The van der Waals surface area contributed by atoms with E-state index in [1.165, 1.54) is 0 Å². The molecule has 0 aromatic carbocycles. The number of hydrogen-bond acceptors (Lipinski definition) is 4. The van der Waals surface area contributed by atoms with Gasteiger partial charge in [0.1, 0.15) is 6.04 Å². The molecule has 6 N–H and O–H groups in total. The molecule has 13 heavy (non-hydrogen) atoms. The molecule has 0 aliphatic rings. The van der Waals surface area contributed by atoms with Crippen LogP contribution in [0.25, 0.3) is 0 Å². The number of hydrogen-bond donors (Lipinski definition) is 4. The van der Waals surface area contributed by atoms with Gasteiger partial charge in [-0.15, -0.1) is 0 Å². The SMILES string of the molecule is NCCC[C@H](NC(=O)CN)C(=O)O. The van der Waals surface area contributed by atoms with E-state index >= 15 is 0 Å². The molecule has 0 unspecified atom stereocenters. The second kappa shape index (κ2) is 6.38. The monoisotopic (exact) mass is 189 g/mol. The minimum absolute atomic E-state index is 0.202. The number of carbonyl (C=O) groups is 2. The Morgan fingerprint density at radius 2 is 2.00 bits per heavy atom. The Bertz CT molecular complexity index is 184. The highest BCUT2D eigenvalue weighted by atomic mass is 16.4. The van der Waals surface area contributed by atoms with Crippen LogP contribution < -0.4 is 16.8 Å². The van der Waals surface area contributed by atoms with E-state index in [2.05, 4.69) is 5.32 Å². The van der Waals surface area contributed by atoms with Gasteiger partial charge < -0.3 is 21.9 Å². The summed E-state index contributed by atoms with van der Waals surface area (Å²) in [5, 5.41) is 10.9. The maximum absolute atomic E-state index is 10.8. The lowest BCUT2D eigenvalue weighted by molar-refractivity contribution is -0.141. The molecule has 0 spiro atoms. The number of nitrogens with one attached hydrogen (secondary N) is 1. The van der Waals surface area contributed by atoms with Crippen LogP contribution in [0, 0.1) is 0 Å². The Morgan fingerprint density at radius 3 is 2.38 bits per heavy atom. The molecule has 0 radical (unpaired) electrons. The Balaban J connectivity index is 3.94. The average Bonchev–Trinajstić information content (AvgIpc) is 2.11. The van der Waals surface area contributed by atoms with Crippen LogP contribution in [0.3, 0.4) is 0 Å². The molecule has 0 saturated heterocycles. The highest BCUT2D eigenvalue weighted by Crippen LogP contribution is 1.95. The molecular formula is C7H15N3O3. The summed E-state index contributed by atoms with van der Waals surface area (Å²) in [5.74, 6) is -1.53. The molecule has 1 atom stereocenters. The summed E-state index contributed by atoms with van der Waals surface area (Å²) >= 11 is 0. The summed E-state index contributed by atoms with van der Waals surface area (Å²) in [5.41, 5.74) is 10.2. The van der Waals surface area contributed by atoms with Gasteiger partial charge in [0.15, 0.2) is 0 Å². The molecule has 1 amide bonds. The van der Waals surface area contributed by atoms with Gasteiger partial charge in [0, 0.05) is 0 Å². The topological polar surface area (TPSA) is 118 Å². The first-order chi connectivity index (χ1) is 6.11. The van der Waals surface area contributed by atoms with Gasteiger partial charge in [0.25, 0.3) is 0 Å². The zero-order valence-corrected chi connectivity index (χ0v) is 7.32. The van der Waals surface area contributed by atoms with Gasteiger partial charge in [-0.25, -0.2) is 4.79 Å². The highest BCUT2D eigenvalue weighted by molar-refractivity contribution is 5.84. The fourth-order valence-electron chi connectivity index (χ4n) is 0.833. The lowest BCUT2D eigenvalue weighted by Gasteiger charge is -2.12. The minimum Gasteiger partial charge on any atom is -0.480 e. The lowest BCUT2D eigenvalue weighted by atomic mass is 10.1. The smallest absolute Gasteiger partial charge is 0.326 e. The highest BCUT2D eigenvalue weighted by Gasteiger charge is 2.17. The van der Waals surface area contributed by atoms with Gasteiger partial charge in [-0.05, 0) is 19.4 Å². The Kier molecular flexibility index (Phi) is 5.82. The quantitative estimate of drug-likeness (QED) is 0.395. The van der Waals surface area contributed by atoms with Gasteiger partial charge >= 0.3 is 5.97 Å². The van der Waals surface area contributed by atoms with E-state index in [1.807, 2.05) is 0 Å². The summed E-state index contributed by atoms with van der Waals surface area (Å²) in [4.78, 5) is 21.3. The first kappa shape index (κ1) is 11.9. The molecule has 0 aromatic rings. The third-order valence-corrected chi connectivity index (χ3v) is 1.52. The normalized spacial score (nSPS) is 12.2. The Morgan fingerprint density at radius 1 is 1.38 bits per heavy atom. The van der Waals surface area contributed by atoms with Crippen molar-refractivity contribution in [2.45, 2.75) is 18.9 Å². The third kappa shape index (κ3) is 5.15. The number of aliphatic carboxylic acids is 1. The van der Waals surface area contributed by atoms with Crippen molar-refractivity contribution in [3.63, 3.8) is 0 Å². The summed E-state index contributed by atoms with van der Waals surface area (Å²) in [7, 11) is 0. The van der Waals surface area contributed by atoms with Crippen molar-refractivity contribution in [3.05, 3.63) is 0 Å². The van der Waals surface area contributed by atoms with Crippen molar-refractivity contribution < 1.29 is 14.7 Å². The second-order valence-electron chi connectivity index (χ2n) is 2.59. The molecule has 0 rings (SSSR count). The maximum atomic E-state index is 10.8. The standard InChI is InChI=1S/C7H15N3O3/c8-3-1-2-5(7(12)13)10-6(11)4-9/h5H,1-4,8-9H2,(H,10,11)(H,12,13)/t5-/m0/s1. The van der Waals surface area contributed by atoms with E-state index in [9.17, 15) is 9.59 Å². The van der Waals surface area contributed by atoms with Crippen LogP contribution in [0.4, 0.5) is 0 Å². The first-order valence-corrected chi connectivity index (χ1v) is 4.04. The summed E-state index contributed by atoms with van der Waals surface area (Å²) < 4.78 is 0. The van der Waals surface area contributed by atoms with Gasteiger partial charge in [0.2, 0.25) is 5.91 Å². The van der Waals surface area contributed by atoms with E-state index in [0.29, 0.717) is 19.4 Å². The minimum atomic E-state index is -1.06. The number of carbonyl (C=O) groups excluding carboxylic acids is 1. The van der Waals surface area contributed by atoms with Crippen LogP contribution in [0.1, 0.15) is 12.8 Å². The van der Waals surface area contributed by atoms with Gasteiger partial charge in [-0.3, -0.25) is 4.79 Å². The predicted molar refractivity (Wildman–Crippen MR) is 46.9 cm³/mol. The molecular weight excluding hydrogens is 174 g/mol. The molecule has 0 aliphatic carbocycles. The van der Waals surface area contributed by atoms with Crippen molar-refractivity contribution in [3.8, 4) is 0 Å². The number of carboxylic acids is 1. The molecule has 0 saturated carbocycles. The second-order valence-corrected chi connectivity index (χ2v) is 2.59. The Labute approximate surface area is 76.3 Å². The number of rotatable bonds is 6. The summed E-state index contributed by atoms with van der Waals surface area (Å²) in [6.45, 7) is 0.203. The van der Waals surface area contributed by atoms with Crippen molar-refractivity contribution in [2.24, 2.45) is 11.5 Å². The first-order valence-electron chi connectivity index (χ1n) is 4.04. The molecule has 0 aromatic heterocycles. The number of amides is 1. The molecule has 0 aliphatic heterocycles. The third-order valence-electron chi connectivity index (χ3n) is 1.52. The molecule has 0 heterocycles. The molecule has 0 bridgehead atoms. The van der Waals surface area contributed by atoms with Crippen LogP contribution in [0.5, 0.6) is 0 Å². The van der Waals surface area contributed by atoms with Crippen molar-refractivity contribution in [1.29, 1.82) is 0 Å². The average molecular weight is 189 g/mol. The molecule has 6 nitrogen and oxygen atoms in total. The predicted octanol–water partition coefficient (Wildman–Crippen LogP) is -1.75. The zero-order chi connectivity index (χ0) is 10.3. The fraction of sp³-hybridized carbons (Fsp3) is 0.714. The van der Waals surface area contributed by atoms with E-state index < -0.39 is 17.9 Å². The van der Waals surface area contributed by atoms with Gasteiger partial charge in [0.05, 0.1) is 6.54 Å². The zero-order valence-electron chi connectivity index (χ0n) is 7.32. The van der Waals surface area contributed by atoms with Gasteiger partial charge in [-0.2, -0.15) is 0 Å². The fourth-order valence-corrected chi connectivity index (χ4v) is 0.833. The van der Waals surface area contributed by atoms with Crippen LogP contribution in [-0.2, 0) is 9.59 Å². The van der Waals surface area contributed by atoms with E-state index in [-0.39, 0.29) is 6.54 Å².